The zero-order chi connectivity index (χ0) is 15.2. The Morgan fingerprint density at radius 1 is 1.24 bits per heavy atom. The minimum atomic E-state index is -2.01. The van der Waals surface area contributed by atoms with Crippen molar-refractivity contribution in [2.75, 3.05) is 38.0 Å². The summed E-state index contributed by atoms with van der Waals surface area (Å²) in [6.45, 7) is 8.55. The molecule has 1 fully saturated rings. The number of rotatable bonds is 5. The monoisotopic (exact) mass is 313 g/mol. The second kappa shape index (κ2) is 7.73. The molecule has 0 aliphatic carbocycles. The fraction of sp³-hybridized carbons (Fsp3) is 0.533. The Morgan fingerprint density at radius 3 is 2.33 bits per heavy atom. The summed E-state index contributed by atoms with van der Waals surface area (Å²) < 4.78 is 12.6. The summed E-state index contributed by atoms with van der Waals surface area (Å²) in [6, 6.07) is 7.44. The average Bonchev–Trinajstić information content (AvgIpc) is 2.50. The Bertz CT molecular complexity index is 458. The van der Waals surface area contributed by atoms with Crippen LogP contribution in [0.5, 0.6) is 0 Å². The average molecular weight is 314 g/mol. The van der Waals surface area contributed by atoms with Crippen molar-refractivity contribution in [2.24, 2.45) is 0 Å². The maximum absolute atomic E-state index is 12.6. The van der Waals surface area contributed by atoms with Crippen LogP contribution in [-0.2, 0) is 11.3 Å². The lowest BCUT2D eigenvalue weighted by Gasteiger charge is -2.34. The minimum Gasteiger partial charge on any atom is -0.322 e. The van der Waals surface area contributed by atoms with Gasteiger partial charge >= 0.3 is 0 Å². The largest absolute Gasteiger partial charge is 0.322 e. The van der Waals surface area contributed by atoms with Gasteiger partial charge in [0.15, 0.2) is 0 Å². The Morgan fingerprint density at radius 2 is 1.81 bits per heavy atom. The molecule has 0 aromatic heterocycles. The first-order chi connectivity index (χ1) is 10.1. The maximum atomic E-state index is 12.6. The summed E-state index contributed by atoms with van der Waals surface area (Å²) in [4.78, 5) is 16.0. The smallest absolute Gasteiger partial charge is 0.274 e. The Kier molecular flexibility index (Phi) is 5.96. The van der Waals surface area contributed by atoms with E-state index in [1.807, 2.05) is 12.1 Å². The van der Waals surface area contributed by atoms with E-state index in [4.69, 9.17) is 11.6 Å². The quantitative estimate of drug-likeness (QED) is 0.847. The second-order valence-electron chi connectivity index (χ2n) is 5.20. The molecule has 0 spiro atoms. The van der Waals surface area contributed by atoms with Crippen LogP contribution in [0.4, 0.5) is 10.1 Å². The van der Waals surface area contributed by atoms with Gasteiger partial charge in [0.1, 0.15) is 0 Å². The molecule has 1 unspecified atom stereocenters. The highest BCUT2D eigenvalue weighted by Crippen LogP contribution is 2.14. The first-order valence-electron chi connectivity index (χ1n) is 7.21. The van der Waals surface area contributed by atoms with Crippen molar-refractivity contribution in [1.29, 1.82) is 0 Å². The van der Waals surface area contributed by atoms with Crippen LogP contribution in [0.15, 0.2) is 24.3 Å². The lowest BCUT2D eigenvalue weighted by Crippen LogP contribution is -2.45. The molecule has 1 saturated heterocycles. The van der Waals surface area contributed by atoms with Crippen LogP contribution in [0.3, 0.4) is 0 Å². The highest BCUT2D eigenvalue weighted by atomic mass is 35.5. The topological polar surface area (TPSA) is 35.6 Å². The third kappa shape index (κ3) is 4.95. The maximum Gasteiger partial charge on any atom is 0.274 e. The molecule has 4 nitrogen and oxygen atoms in total. The molecule has 0 saturated carbocycles. The number of piperazine rings is 1. The van der Waals surface area contributed by atoms with E-state index >= 15 is 0 Å². The molecule has 1 N–H and O–H groups in total. The molecular weight excluding hydrogens is 293 g/mol. The van der Waals surface area contributed by atoms with Crippen LogP contribution in [0.25, 0.3) is 0 Å². The van der Waals surface area contributed by atoms with E-state index in [2.05, 4.69) is 22.0 Å². The number of alkyl halides is 2. The van der Waals surface area contributed by atoms with Crippen molar-refractivity contribution < 1.29 is 9.18 Å². The summed E-state index contributed by atoms with van der Waals surface area (Å²) in [5.41, 5.74) is -0.275. The van der Waals surface area contributed by atoms with E-state index in [1.165, 1.54) is 5.56 Å². The first kappa shape index (κ1) is 16.2. The van der Waals surface area contributed by atoms with E-state index in [1.54, 1.807) is 12.1 Å². The fourth-order valence-corrected chi connectivity index (χ4v) is 2.47. The van der Waals surface area contributed by atoms with Crippen LogP contribution in [-0.4, -0.2) is 54.1 Å². The summed E-state index contributed by atoms with van der Waals surface area (Å²) in [5.74, 6) is -0.833. The SMILES string of the molecule is CCN1CCN(Cc2ccc(NC(=O)C(F)Cl)cc2)CC1. The van der Waals surface area contributed by atoms with E-state index in [0.717, 1.165) is 39.3 Å². The number of carbonyl (C=O) groups excluding carboxylic acids is 1. The molecule has 1 aliphatic heterocycles. The zero-order valence-electron chi connectivity index (χ0n) is 12.2. The van der Waals surface area contributed by atoms with Crippen molar-refractivity contribution in [2.45, 2.75) is 19.1 Å². The molecule has 1 aromatic carbocycles. The molecular formula is C15H21ClFN3O. The molecule has 1 aliphatic rings. The highest BCUT2D eigenvalue weighted by molar-refractivity contribution is 6.31. The number of benzene rings is 1. The Balaban J connectivity index is 1.84. The summed E-state index contributed by atoms with van der Waals surface area (Å²) in [7, 11) is 0. The number of likely N-dealkylation sites (N-methyl/N-ethyl adjacent to an activating group) is 1. The molecule has 21 heavy (non-hydrogen) atoms. The summed E-state index contributed by atoms with van der Waals surface area (Å²) in [6.07, 6.45) is 0. The van der Waals surface area contributed by atoms with Crippen molar-refractivity contribution in [3.8, 4) is 0 Å². The van der Waals surface area contributed by atoms with Crippen LogP contribution in [0.1, 0.15) is 12.5 Å². The standard InChI is InChI=1S/C15H21ClFN3O/c1-2-19-7-9-20(10-8-19)11-12-3-5-13(6-4-12)18-15(21)14(16)17/h3-6,14H,2,7-11H2,1H3,(H,18,21). The van der Waals surface area contributed by atoms with Crippen molar-refractivity contribution in [3.05, 3.63) is 29.8 Å². The van der Waals surface area contributed by atoms with Crippen molar-refractivity contribution in [1.82, 2.24) is 9.80 Å². The molecule has 0 radical (unpaired) electrons. The van der Waals surface area contributed by atoms with Gasteiger partial charge < -0.3 is 10.2 Å². The predicted octanol–water partition coefficient (Wildman–Crippen LogP) is 2.30. The van der Waals surface area contributed by atoms with Gasteiger partial charge in [0.25, 0.3) is 11.5 Å². The third-order valence-electron chi connectivity index (χ3n) is 3.74. The number of hydrogen-bond donors (Lipinski definition) is 1. The van der Waals surface area contributed by atoms with Crippen molar-refractivity contribution >= 4 is 23.2 Å². The number of nitrogens with one attached hydrogen (secondary N) is 1. The molecule has 6 heteroatoms. The van der Waals surface area contributed by atoms with Gasteiger partial charge in [0.05, 0.1) is 0 Å². The number of halogens is 2. The van der Waals surface area contributed by atoms with Gasteiger partial charge in [0, 0.05) is 38.4 Å². The molecule has 1 aromatic rings. The number of carbonyl (C=O) groups is 1. The fourth-order valence-electron chi connectivity index (χ4n) is 2.41. The van der Waals surface area contributed by atoms with Crippen LogP contribution < -0.4 is 5.32 Å². The Labute approximate surface area is 129 Å². The normalized spacial score (nSPS) is 18.4. The number of nitrogens with zero attached hydrogens (tertiary/aromatic N) is 2. The third-order valence-corrected chi connectivity index (χ3v) is 3.94. The van der Waals surface area contributed by atoms with Crippen LogP contribution in [0, 0.1) is 0 Å². The highest BCUT2D eigenvalue weighted by Gasteiger charge is 2.16. The summed E-state index contributed by atoms with van der Waals surface area (Å²) in [5, 5.41) is 2.42. The molecule has 2 rings (SSSR count). The van der Waals surface area contributed by atoms with Gasteiger partial charge in [-0.2, -0.15) is 0 Å². The lowest BCUT2D eigenvalue weighted by molar-refractivity contribution is -0.118. The van der Waals surface area contributed by atoms with Crippen LogP contribution >= 0.6 is 11.6 Å². The predicted molar refractivity (Wildman–Crippen MR) is 83.2 cm³/mol. The van der Waals surface area contributed by atoms with Gasteiger partial charge in [-0.3, -0.25) is 9.69 Å². The summed E-state index contributed by atoms with van der Waals surface area (Å²) >= 11 is 5.07. The van der Waals surface area contributed by atoms with E-state index < -0.39 is 11.5 Å². The second-order valence-corrected chi connectivity index (χ2v) is 5.58. The van der Waals surface area contributed by atoms with Gasteiger partial charge in [-0.05, 0) is 24.2 Å². The molecule has 116 valence electrons. The van der Waals surface area contributed by atoms with Crippen molar-refractivity contribution in [3.63, 3.8) is 0 Å². The number of anilines is 1. The van der Waals surface area contributed by atoms with Gasteiger partial charge in [-0.15, -0.1) is 0 Å². The van der Waals surface area contributed by atoms with E-state index in [0.29, 0.717) is 5.69 Å². The van der Waals surface area contributed by atoms with Gasteiger partial charge in [0.2, 0.25) is 0 Å². The minimum absolute atomic E-state index is 0.558. The molecule has 0 bridgehead atoms. The molecule has 1 atom stereocenters. The molecule has 1 amide bonds. The number of hydrogen-bond acceptors (Lipinski definition) is 3. The van der Waals surface area contributed by atoms with Crippen LogP contribution in [0.2, 0.25) is 0 Å². The molecule has 1 heterocycles. The van der Waals surface area contributed by atoms with Gasteiger partial charge in [-0.25, -0.2) is 4.39 Å². The Hall–Kier alpha value is -1.17. The first-order valence-corrected chi connectivity index (χ1v) is 7.65. The van der Waals surface area contributed by atoms with E-state index in [9.17, 15) is 9.18 Å². The van der Waals surface area contributed by atoms with Gasteiger partial charge in [-0.1, -0.05) is 30.7 Å². The lowest BCUT2D eigenvalue weighted by atomic mass is 10.1. The van der Waals surface area contributed by atoms with E-state index in [-0.39, 0.29) is 0 Å². The zero-order valence-corrected chi connectivity index (χ0v) is 12.9. The number of amides is 1.